The standard InChI is InChI=1S/C32H44FN3O4/c1-31(2,3)40-29(37)34-22-32(25-12-8-13-26(33)20-25,27-14-9-15-28(27)35-30(38)39-4)24-16-18-36(19-17-24)21-23-10-6-5-7-11-23/h5-8,10-13,20,24,27-28H,9,14-19,21-22H2,1-4H3,(H,34,37)(H,35,38)/t27-,28-,32?/m0/s1. The number of alkyl carbamates (subject to hydrolysis) is 2. The molecule has 2 aromatic rings. The Morgan fingerprint density at radius 1 is 0.975 bits per heavy atom. The van der Waals surface area contributed by atoms with Gasteiger partial charge < -0.3 is 20.1 Å². The molecule has 3 atom stereocenters. The molecule has 218 valence electrons. The van der Waals surface area contributed by atoms with Gasteiger partial charge in [0.15, 0.2) is 0 Å². The third-order valence-electron chi connectivity index (χ3n) is 8.52. The van der Waals surface area contributed by atoms with Crippen LogP contribution in [0.2, 0.25) is 0 Å². The molecule has 4 rings (SSSR count). The number of carbonyl (C=O) groups excluding carboxylic acids is 2. The maximum Gasteiger partial charge on any atom is 0.407 e. The smallest absolute Gasteiger partial charge is 0.407 e. The summed E-state index contributed by atoms with van der Waals surface area (Å²) in [5.74, 6) is -0.175. The van der Waals surface area contributed by atoms with Crippen LogP contribution in [0.1, 0.15) is 64.0 Å². The van der Waals surface area contributed by atoms with E-state index in [0.717, 1.165) is 57.3 Å². The van der Waals surface area contributed by atoms with Crippen LogP contribution in [-0.4, -0.2) is 55.5 Å². The lowest BCUT2D eigenvalue weighted by atomic mass is 9.58. The Kier molecular flexibility index (Phi) is 9.72. The molecule has 2 N–H and O–H groups in total. The molecule has 0 spiro atoms. The van der Waals surface area contributed by atoms with Crippen molar-refractivity contribution in [1.82, 2.24) is 15.5 Å². The van der Waals surface area contributed by atoms with Crippen LogP contribution in [0.3, 0.4) is 0 Å². The van der Waals surface area contributed by atoms with Crippen LogP contribution in [0.4, 0.5) is 14.0 Å². The van der Waals surface area contributed by atoms with Crippen molar-refractivity contribution in [2.24, 2.45) is 11.8 Å². The van der Waals surface area contributed by atoms with E-state index in [1.54, 1.807) is 12.1 Å². The summed E-state index contributed by atoms with van der Waals surface area (Å²) in [7, 11) is 1.37. The molecule has 1 saturated heterocycles. The number of nitrogens with one attached hydrogen (secondary N) is 2. The largest absolute Gasteiger partial charge is 0.453 e. The van der Waals surface area contributed by atoms with Crippen LogP contribution in [0.25, 0.3) is 0 Å². The molecule has 2 aromatic carbocycles. The molecule has 1 saturated carbocycles. The minimum Gasteiger partial charge on any atom is -0.453 e. The number of nitrogens with zero attached hydrogens (tertiary/aromatic N) is 1. The maximum atomic E-state index is 14.8. The lowest BCUT2D eigenvalue weighted by molar-refractivity contribution is 0.0411. The number of piperidine rings is 1. The molecular formula is C32H44FN3O4. The molecule has 2 amide bonds. The Bertz CT molecular complexity index is 1130. The molecule has 1 heterocycles. The van der Waals surface area contributed by atoms with Gasteiger partial charge in [0.05, 0.1) is 7.11 Å². The predicted molar refractivity (Wildman–Crippen MR) is 153 cm³/mol. The molecule has 0 bridgehead atoms. The van der Waals surface area contributed by atoms with Crippen molar-refractivity contribution in [1.29, 1.82) is 0 Å². The number of ether oxygens (including phenoxy) is 2. The quantitative estimate of drug-likeness (QED) is 0.418. The van der Waals surface area contributed by atoms with Crippen LogP contribution in [-0.2, 0) is 21.4 Å². The number of carbonyl (C=O) groups is 2. The van der Waals surface area contributed by atoms with Gasteiger partial charge in [0.1, 0.15) is 11.4 Å². The van der Waals surface area contributed by atoms with Gasteiger partial charge in [0, 0.05) is 24.5 Å². The van der Waals surface area contributed by atoms with Crippen LogP contribution >= 0.6 is 0 Å². The molecule has 0 aromatic heterocycles. The van der Waals surface area contributed by atoms with Gasteiger partial charge in [-0.1, -0.05) is 48.9 Å². The maximum absolute atomic E-state index is 14.8. The zero-order valence-corrected chi connectivity index (χ0v) is 24.3. The molecule has 1 unspecified atom stereocenters. The van der Waals surface area contributed by atoms with Crippen molar-refractivity contribution >= 4 is 12.2 Å². The van der Waals surface area contributed by atoms with Crippen molar-refractivity contribution in [2.45, 2.75) is 76.5 Å². The van der Waals surface area contributed by atoms with E-state index in [4.69, 9.17) is 9.47 Å². The van der Waals surface area contributed by atoms with Crippen LogP contribution in [0.5, 0.6) is 0 Å². The highest BCUT2D eigenvalue weighted by molar-refractivity contribution is 5.68. The van der Waals surface area contributed by atoms with E-state index in [0.29, 0.717) is 6.54 Å². The van der Waals surface area contributed by atoms with Gasteiger partial charge >= 0.3 is 12.2 Å². The van der Waals surface area contributed by atoms with E-state index >= 15 is 0 Å². The second-order valence-corrected chi connectivity index (χ2v) is 12.2. The van der Waals surface area contributed by atoms with Gasteiger partial charge in [0.2, 0.25) is 0 Å². The van der Waals surface area contributed by atoms with Crippen molar-refractivity contribution in [3.8, 4) is 0 Å². The Balaban J connectivity index is 1.68. The lowest BCUT2D eigenvalue weighted by Crippen LogP contribution is -2.58. The zero-order valence-electron chi connectivity index (χ0n) is 24.3. The van der Waals surface area contributed by atoms with Gasteiger partial charge in [0.25, 0.3) is 0 Å². The number of rotatable bonds is 8. The average Bonchev–Trinajstić information content (AvgIpc) is 3.38. The summed E-state index contributed by atoms with van der Waals surface area (Å²) in [6, 6.07) is 17.1. The van der Waals surface area contributed by atoms with E-state index in [2.05, 4.69) is 39.8 Å². The zero-order chi connectivity index (χ0) is 28.8. The number of benzene rings is 2. The van der Waals surface area contributed by atoms with Crippen molar-refractivity contribution in [3.63, 3.8) is 0 Å². The Morgan fingerprint density at radius 2 is 1.70 bits per heavy atom. The Hall–Kier alpha value is -3.13. The summed E-state index contributed by atoms with van der Waals surface area (Å²) in [5.41, 5.74) is 0.882. The first-order valence-electron chi connectivity index (χ1n) is 14.4. The number of likely N-dealkylation sites (tertiary alicyclic amines) is 1. The number of amides is 2. The molecule has 8 heteroatoms. The van der Waals surface area contributed by atoms with Gasteiger partial charge in [-0.05, 0) is 94.6 Å². The third-order valence-corrected chi connectivity index (χ3v) is 8.52. The van der Waals surface area contributed by atoms with Crippen LogP contribution in [0, 0.1) is 17.7 Å². The fourth-order valence-electron chi connectivity index (χ4n) is 6.85. The fraction of sp³-hybridized carbons (Fsp3) is 0.562. The first-order valence-corrected chi connectivity index (χ1v) is 14.4. The highest BCUT2D eigenvalue weighted by Crippen LogP contribution is 2.50. The second-order valence-electron chi connectivity index (χ2n) is 12.2. The minimum absolute atomic E-state index is 0.0194. The van der Waals surface area contributed by atoms with E-state index in [1.807, 2.05) is 32.9 Å². The molecule has 40 heavy (non-hydrogen) atoms. The predicted octanol–water partition coefficient (Wildman–Crippen LogP) is 6.03. The summed E-state index contributed by atoms with van der Waals surface area (Å²) >= 11 is 0. The summed E-state index contributed by atoms with van der Waals surface area (Å²) < 4.78 is 25.4. The third kappa shape index (κ3) is 7.33. The van der Waals surface area contributed by atoms with E-state index in [-0.39, 0.29) is 23.7 Å². The monoisotopic (exact) mass is 553 g/mol. The SMILES string of the molecule is COC(=O)N[C@H]1CCC[C@@H]1C(CNC(=O)OC(C)(C)C)(c1cccc(F)c1)C1CCN(Cc2ccccc2)CC1. The second kappa shape index (κ2) is 13.0. The normalized spacial score (nSPS) is 21.8. The summed E-state index contributed by atoms with van der Waals surface area (Å²) in [6.07, 6.45) is 3.40. The van der Waals surface area contributed by atoms with Crippen molar-refractivity contribution in [3.05, 3.63) is 71.5 Å². The van der Waals surface area contributed by atoms with Gasteiger partial charge in [-0.3, -0.25) is 4.90 Å². The van der Waals surface area contributed by atoms with Crippen LogP contribution < -0.4 is 10.6 Å². The fourth-order valence-corrected chi connectivity index (χ4v) is 6.85. The highest BCUT2D eigenvalue weighted by Gasteiger charge is 2.52. The first kappa shape index (κ1) is 29.8. The molecular weight excluding hydrogens is 509 g/mol. The highest BCUT2D eigenvalue weighted by atomic mass is 19.1. The van der Waals surface area contributed by atoms with Crippen LogP contribution in [0.15, 0.2) is 54.6 Å². The average molecular weight is 554 g/mol. The van der Waals surface area contributed by atoms with E-state index in [9.17, 15) is 14.0 Å². The number of methoxy groups -OCH3 is 1. The number of hydrogen-bond donors (Lipinski definition) is 2. The Labute approximate surface area is 237 Å². The topological polar surface area (TPSA) is 79.9 Å². The molecule has 2 aliphatic rings. The first-order chi connectivity index (χ1) is 19.1. The number of hydrogen-bond acceptors (Lipinski definition) is 5. The van der Waals surface area contributed by atoms with E-state index in [1.165, 1.54) is 18.7 Å². The summed E-state index contributed by atoms with van der Waals surface area (Å²) in [6.45, 7) is 8.47. The minimum atomic E-state index is -0.642. The van der Waals surface area contributed by atoms with E-state index < -0.39 is 23.2 Å². The van der Waals surface area contributed by atoms with Crippen molar-refractivity contribution in [2.75, 3.05) is 26.7 Å². The lowest BCUT2D eigenvalue weighted by Gasteiger charge is -2.50. The molecule has 7 nitrogen and oxygen atoms in total. The number of halogens is 1. The van der Waals surface area contributed by atoms with Gasteiger partial charge in [-0.2, -0.15) is 0 Å². The molecule has 1 aliphatic carbocycles. The van der Waals surface area contributed by atoms with Crippen molar-refractivity contribution < 1.29 is 23.5 Å². The van der Waals surface area contributed by atoms with Gasteiger partial charge in [-0.15, -0.1) is 0 Å². The summed E-state index contributed by atoms with van der Waals surface area (Å²) in [4.78, 5) is 27.8. The molecule has 0 radical (unpaired) electrons. The Morgan fingerprint density at radius 3 is 2.35 bits per heavy atom. The van der Waals surface area contributed by atoms with Gasteiger partial charge in [-0.25, -0.2) is 14.0 Å². The molecule has 2 fully saturated rings. The summed E-state index contributed by atoms with van der Waals surface area (Å²) in [5, 5.41) is 6.14. The molecule has 1 aliphatic heterocycles.